The number of thioether (sulfide) groups is 1. The maximum atomic E-state index is 12.8. The summed E-state index contributed by atoms with van der Waals surface area (Å²) in [6.07, 6.45) is 0.0172. The number of amides is 3. The number of carboxylic acids is 2. The molecule has 0 aliphatic heterocycles. The minimum absolute atomic E-state index is 0.0680. The highest BCUT2D eigenvalue weighted by molar-refractivity contribution is 7.98. The molecule has 0 heterocycles. The van der Waals surface area contributed by atoms with Gasteiger partial charge in [0.05, 0.1) is 18.6 Å². The van der Waals surface area contributed by atoms with E-state index in [1.54, 1.807) is 0 Å². The quantitative estimate of drug-likeness (QED) is 0.0512. The fourth-order valence-corrected chi connectivity index (χ4v) is 3.21. The fraction of sp³-hybridized carbons (Fsp3) is 0.684. The predicted octanol–water partition coefficient (Wildman–Crippen LogP) is -3.49. The molecule has 0 rings (SSSR count). The molecule has 0 saturated heterocycles. The zero-order valence-electron chi connectivity index (χ0n) is 19.6. The van der Waals surface area contributed by atoms with Crippen molar-refractivity contribution >= 4 is 47.4 Å². The third-order valence-corrected chi connectivity index (χ3v) is 5.25. The minimum atomic E-state index is -1.75. The van der Waals surface area contributed by atoms with Gasteiger partial charge in [0, 0.05) is 6.54 Å². The Morgan fingerprint density at radius 3 is 2.03 bits per heavy atom. The standard InChI is InChI=1S/C19H35N7O8S/c1-9(27)14(26-15(30)10(20)5-7-35-2)17(32)24-11(4-3-6-23-19(21)22)16(31)25-12(18(33)34)8-13(28)29/h9-12,14,27H,3-8,20H2,1-2H3,(H,24,32)(H,25,31)(H,26,30)(H,28,29)(H,33,34)(H4,21,22,23). The average molecular weight is 522 g/mol. The lowest BCUT2D eigenvalue weighted by Gasteiger charge is -2.26. The smallest absolute Gasteiger partial charge is 0.326 e. The van der Waals surface area contributed by atoms with Crippen LogP contribution in [0.1, 0.15) is 32.6 Å². The van der Waals surface area contributed by atoms with Gasteiger partial charge in [-0.3, -0.25) is 24.2 Å². The van der Waals surface area contributed by atoms with E-state index < -0.39 is 66.4 Å². The number of aliphatic imine (C=N–C) groups is 1. The van der Waals surface area contributed by atoms with E-state index in [0.717, 1.165) is 0 Å². The molecule has 5 unspecified atom stereocenters. The molecule has 0 saturated carbocycles. The van der Waals surface area contributed by atoms with Crippen LogP contribution in [0.15, 0.2) is 4.99 Å². The van der Waals surface area contributed by atoms with E-state index in [0.29, 0.717) is 12.2 Å². The molecule has 0 aromatic rings. The SMILES string of the molecule is CSCCC(N)C(=O)NC(C(=O)NC(CCCN=C(N)N)C(=O)NC(CC(=O)O)C(=O)O)C(C)O. The van der Waals surface area contributed by atoms with Crippen LogP contribution >= 0.6 is 11.8 Å². The molecule has 0 aromatic heterocycles. The molecular weight excluding hydrogens is 486 g/mol. The van der Waals surface area contributed by atoms with Crippen LogP contribution in [-0.4, -0.2) is 99.8 Å². The Labute approximate surface area is 206 Å². The highest BCUT2D eigenvalue weighted by Gasteiger charge is 2.32. The first-order chi connectivity index (χ1) is 16.3. The van der Waals surface area contributed by atoms with Crippen LogP contribution in [0.2, 0.25) is 0 Å². The summed E-state index contributed by atoms with van der Waals surface area (Å²) >= 11 is 1.48. The second-order valence-electron chi connectivity index (χ2n) is 7.62. The van der Waals surface area contributed by atoms with E-state index in [9.17, 15) is 34.2 Å². The third kappa shape index (κ3) is 13.4. The number of aliphatic carboxylic acids is 2. The maximum Gasteiger partial charge on any atom is 0.326 e. The van der Waals surface area contributed by atoms with Crippen molar-refractivity contribution in [1.29, 1.82) is 0 Å². The molecule has 15 nitrogen and oxygen atoms in total. The molecule has 0 spiro atoms. The van der Waals surface area contributed by atoms with Gasteiger partial charge in [-0.25, -0.2) is 4.79 Å². The van der Waals surface area contributed by atoms with Crippen molar-refractivity contribution in [3.8, 4) is 0 Å². The van der Waals surface area contributed by atoms with E-state index >= 15 is 0 Å². The lowest BCUT2D eigenvalue weighted by atomic mass is 10.1. The van der Waals surface area contributed by atoms with Crippen LogP contribution in [0.5, 0.6) is 0 Å². The lowest BCUT2D eigenvalue weighted by molar-refractivity contribution is -0.147. The second-order valence-corrected chi connectivity index (χ2v) is 8.61. The summed E-state index contributed by atoms with van der Waals surface area (Å²) in [5.41, 5.74) is 16.3. The molecule has 200 valence electrons. The van der Waals surface area contributed by atoms with Gasteiger partial charge in [0.2, 0.25) is 17.7 Å². The molecule has 0 aromatic carbocycles. The van der Waals surface area contributed by atoms with E-state index in [1.807, 2.05) is 6.26 Å². The summed E-state index contributed by atoms with van der Waals surface area (Å²) in [5, 5.41) is 34.8. The lowest BCUT2D eigenvalue weighted by Crippen LogP contribution is -2.59. The van der Waals surface area contributed by atoms with Gasteiger partial charge in [-0.1, -0.05) is 0 Å². The molecule has 3 amide bonds. The van der Waals surface area contributed by atoms with Gasteiger partial charge in [-0.2, -0.15) is 11.8 Å². The van der Waals surface area contributed by atoms with E-state index in [2.05, 4.69) is 20.9 Å². The van der Waals surface area contributed by atoms with Crippen LogP contribution in [0, 0.1) is 0 Å². The largest absolute Gasteiger partial charge is 0.481 e. The summed E-state index contributed by atoms with van der Waals surface area (Å²) < 4.78 is 0. The van der Waals surface area contributed by atoms with Crippen molar-refractivity contribution in [2.45, 2.75) is 62.9 Å². The van der Waals surface area contributed by atoms with Gasteiger partial charge in [-0.15, -0.1) is 0 Å². The zero-order valence-corrected chi connectivity index (χ0v) is 20.4. The molecule has 16 heteroatoms. The molecule has 0 radical (unpaired) electrons. The second kappa shape index (κ2) is 16.5. The number of hydrogen-bond donors (Lipinski definition) is 9. The zero-order chi connectivity index (χ0) is 27.1. The Bertz CT molecular complexity index is 776. The van der Waals surface area contributed by atoms with Crippen molar-refractivity contribution in [3.05, 3.63) is 0 Å². The number of nitrogens with two attached hydrogens (primary N) is 3. The maximum absolute atomic E-state index is 12.8. The van der Waals surface area contributed by atoms with Crippen molar-refractivity contribution in [2.75, 3.05) is 18.6 Å². The molecule has 0 bridgehead atoms. The van der Waals surface area contributed by atoms with Crippen LogP contribution in [0.25, 0.3) is 0 Å². The van der Waals surface area contributed by atoms with E-state index in [4.69, 9.17) is 22.3 Å². The number of nitrogens with one attached hydrogen (secondary N) is 3. The molecule has 12 N–H and O–H groups in total. The predicted molar refractivity (Wildman–Crippen MR) is 128 cm³/mol. The number of aliphatic hydroxyl groups excluding tert-OH is 1. The van der Waals surface area contributed by atoms with Gasteiger partial charge in [0.25, 0.3) is 0 Å². The van der Waals surface area contributed by atoms with Crippen molar-refractivity contribution in [1.82, 2.24) is 16.0 Å². The number of carboxylic acid groups (broad SMARTS) is 2. The highest BCUT2D eigenvalue weighted by Crippen LogP contribution is 2.05. The summed E-state index contributed by atoms with van der Waals surface area (Å²) in [6, 6.07) is -5.50. The van der Waals surface area contributed by atoms with Gasteiger partial charge in [0.1, 0.15) is 18.1 Å². The first-order valence-corrected chi connectivity index (χ1v) is 12.0. The van der Waals surface area contributed by atoms with Gasteiger partial charge in [-0.05, 0) is 38.2 Å². The van der Waals surface area contributed by atoms with Crippen LogP contribution < -0.4 is 33.2 Å². The summed E-state index contributed by atoms with van der Waals surface area (Å²) in [4.78, 5) is 63.8. The first-order valence-electron chi connectivity index (χ1n) is 10.6. The van der Waals surface area contributed by atoms with Crippen LogP contribution in [0.3, 0.4) is 0 Å². The number of aliphatic hydroxyl groups is 1. The van der Waals surface area contributed by atoms with Crippen LogP contribution in [0.4, 0.5) is 0 Å². The van der Waals surface area contributed by atoms with Gasteiger partial charge < -0.3 is 48.5 Å². The normalized spacial score (nSPS) is 15.0. The fourth-order valence-electron chi connectivity index (χ4n) is 2.72. The Morgan fingerprint density at radius 2 is 1.54 bits per heavy atom. The molecular formula is C19H35N7O8S. The summed E-state index contributed by atoms with van der Waals surface area (Å²) in [7, 11) is 0. The number of carbonyl (C=O) groups is 5. The van der Waals surface area contributed by atoms with Gasteiger partial charge in [0.15, 0.2) is 5.96 Å². The third-order valence-electron chi connectivity index (χ3n) is 4.60. The number of nitrogens with zero attached hydrogens (tertiary/aromatic N) is 1. The van der Waals surface area contributed by atoms with E-state index in [-0.39, 0.29) is 25.3 Å². The highest BCUT2D eigenvalue weighted by atomic mass is 32.2. The molecule has 0 aliphatic rings. The molecule has 0 aliphatic carbocycles. The Morgan fingerprint density at radius 1 is 0.943 bits per heavy atom. The molecule has 0 fully saturated rings. The number of rotatable bonds is 17. The molecule has 5 atom stereocenters. The van der Waals surface area contributed by atoms with Gasteiger partial charge >= 0.3 is 11.9 Å². The number of carbonyl (C=O) groups excluding carboxylic acids is 3. The summed E-state index contributed by atoms with van der Waals surface area (Å²) in [6.45, 7) is 1.33. The Kier molecular flexibility index (Phi) is 15.0. The number of hydrogen-bond acceptors (Lipinski definition) is 9. The Hall–Kier alpha value is -3.11. The first kappa shape index (κ1) is 31.9. The van der Waals surface area contributed by atoms with Crippen LogP contribution in [-0.2, 0) is 24.0 Å². The van der Waals surface area contributed by atoms with Crippen molar-refractivity contribution in [3.63, 3.8) is 0 Å². The topological polar surface area (TPSA) is 273 Å². The summed E-state index contributed by atoms with van der Waals surface area (Å²) in [5.74, 6) is -5.24. The van der Waals surface area contributed by atoms with Crippen molar-refractivity contribution in [2.24, 2.45) is 22.2 Å². The van der Waals surface area contributed by atoms with Crippen molar-refractivity contribution < 1.29 is 39.3 Å². The average Bonchev–Trinajstić information content (AvgIpc) is 2.75. The number of guanidine groups is 1. The van der Waals surface area contributed by atoms with E-state index in [1.165, 1.54) is 18.7 Å². The Balaban J connectivity index is 5.54. The molecule has 35 heavy (non-hydrogen) atoms. The monoisotopic (exact) mass is 521 g/mol. The minimum Gasteiger partial charge on any atom is -0.481 e.